The summed E-state index contributed by atoms with van der Waals surface area (Å²) >= 11 is 0. The van der Waals surface area contributed by atoms with Crippen LogP contribution in [0.25, 0.3) is 16.9 Å². The van der Waals surface area contributed by atoms with Crippen molar-refractivity contribution in [2.24, 2.45) is 0 Å². The summed E-state index contributed by atoms with van der Waals surface area (Å²) in [6.07, 6.45) is 0. The molecule has 6 heteroatoms. The minimum absolute atomic E-state index is 0.259. The number of nitrogens with one attached hydrogen (secondary N) is 1. The molecule has 0 radical (unpaired) electrons. The Morgan fingerprint density at radius 1 is 0.839 bits per heavy atom. The van der Waals surface area contributed by atoms with E-state index in [4.69, 9.17) is 9.47 Å². The number of amides is 1. The fourth-order valence-corrected chi connectivity index (χ4v) is 2.67. The Labute approximate surface area is 187 Å². The van der Waals surface area contributed by atoms with Crippen molar-refractivity contribution < 1.29 is 14.3 Å². The molecule has 1 amide bonds. The number of aromatic nitrogens is 2. The lowest BCUT2D eigenvalue weighted by Crippen LogP contribution is -2.18. The van der Waals surface area contributed by atoms with E-state index in [-0.39, 0.29) is 5.91 Å². The van der Waals surface area contributed by atoms with Crippen molar-refractivity contribution in [2.45, 2.75) is 41.5 Å². The van der Waals surface area contributed by atoms with Crippen LogP contribution in [-0.2, 0) is 0 Å². The lowest BCUT2D eigenvalue weighted by molar-refractivity contribution is 0.0957. The van der Waals surface area contributed by atoms with Crippen LogP contribution in [0, 0.1) is 0 Å². The number of carbonyl (C=O) groups is 1. The van der Waals surface area contributed by atoms with Gasteiger partial charge in [0.05, 0.1) is 31.2 Å². The van der Waals surface area contributed by atoms with Crippen LogP contribution in [0.4, 0.5) is 0 Å². The summed E-state index contributed by atoms with van der Waals surface area (Å²) in [5.41, 5.74) is 2.59. The van der Waals surface area contributed by atoms with Crippen molar-refractivity contribution in [3.05, 3.63) is 60.3 Å². The van der Waals surface area contributed by atoms with Crippen LogP contribution in [0.5, 0.6) is 11.5 Å². The minimum atomic E-state index is -0.259. The van der Waals surface area contributed by atoms with Gasteiger partial charge in [-0.25, -0.2) is 4.68 Å². The maximum atomic E-state index is 12.1. The van der Waals surface area contributed by atoms with E-state index in [1.54, 1.807) is 32.0 Å². The maximum absolute atomic E-state index is 12.1. The average Bonchev–Trinajstić information content (AvgIpc) is 3.32. The molecule has 0 atom stereocenters. The molecule has 0 spiro atoms. The van der Waals surface area contributed by atoms with E-state index in [1.165, 1.54) is 0 Å². The van der Waals surface area contributed by atoms with Crippen LogP contribution < -0.4 is 14.8 Å². The highest BCUT2D eigenvalue weighted by Gasteiger charge is 2.21. The van der Waals surface area contributed by atoms with Gasteiger partial charge in [0, 0.05) is 7.05 Å². The zero-order chi connectivity index (χ0) is 23.8. The van der Waals surface area contributed by atoms with Gasteiger partial charge in [0.1, 0.15) is 11.5 Å². The first kappa shape index (κ1) is 27.7. The summed E-state index contributed by atoms with van der Waals surface area (Å²) in [7, 11) is 4.77. The minimum Gasteiger partial charge on any atom is -0.496 e. The third-order valence-corrected chi connectivity index (χ3v) is 3.85. The molecule has 0 unspecified atom stereocenters. The number of methoxy groups -OCH3 is 2. The molecule has 0 aliphatic heterocycles. The molecule has 2 aromatic carbocycles. The summed E-state index contributed by atoms with van der Waals surface area (Å²) in [5, 5.41) is 7.08. The first-order valence-corrected chi connectivity index (χ1v) is 10.8. The Morgan fingerprint density at radius 2 is 1.35 bits per heavy atom. The summed E-state index contributed by atoms with van der Waals surface area (Å²) in [6.45, 7) is 12.0. The third kappa shape index (κ3) is 6.88. The van der Waals surface area contributed by atoms with Crippen LogP contribution in [0.3, 0.4) is 0 Å². The zero-order valence-electron chi connectivity index (χ0n) is 20.3. The van der Waals surface area contributed by atoms with E-state index in [1.807, 2.05) is 90.1 Å². The molecule has 3 rings (SSSR count). The van der Waals surface area contributed by atoms with Crippen LogP contribution in [0.15, 0.2) is 54.6 Å². The predicted octanol–water partition coefficient (Wildman–Crippen LogP) is 5.99. The maximum Gasteiger partial charge on any atom is 0.271 e. The third-order valence-electron chi connectivity index (χ3n) is 3.85. The van der Waals surface area contributed by atoms with Crippen molar-refractivity contribution in [3.8, 4) is 28.4 Å². The highest BCUT2D eigenvalue weighted by atomic mass is 16.5. The number of para-hydroxylation sites is 1. The molecule has 0 saturated carbocycles. The van der Waals surface area contributed by atoms with Gasteiger partial charge in [-0.1, -0.05) is 65.8 Å². The van der Waals surface area contributed by atoms with E-state index in [0.29, 0.717) is 22.9 Å². The van der Waals surface area contributed by atoms with Gasteiger partial charge in [0.2, 0.25) is 0 Å². The molecule has 170 valence electrons. The summed E-state index contributed by atoms with van der Waals surface area (Å²) < 4.78 is 12.7. The summed E-state index contributed by atoms with van der Waals surface area (Å²) in [4.78, 5) is 12.1. The molecule has 6 nitrogen and oxygen atoms in total. The molecule has 3 aromatic rings. The summed E-state index contributed by atoms with van der Waals surface area (Å²) in [6, 6.07) is 16.9. The van der Waals surface area contributed by atoms with Crippen LogP contribution in [0.1, 0.15) is 52.0 Å². The molecule has 0 fully saturated rings. The van der Waals surface area contributed by atoms with Crippen molar-refractivity contribution in [3.63, 3.8) is 0 Å². The molecule has 1 heterocycles. The van der Waals surface area contributed by atoms with Gasteiger partial charge < -0.3 is 14.8 Å². The Morgan fingerprint density at radius 3 is 1.81 bits per heavy atom. The van der Waals surface area contributed by atoms with Crippen LogP contribution >= 0.6 is 0 Å². The lowest BCUT2D eigenvalue weighted by Gasteiger charge is -2.14. The number of ether oxygens (including phenoxy) is 2. The molecule has 1 N–H and O–H groups in total. The number of rotatable bonds is 5. The standard InChI is InChI=1S/C19H19N3O3.3C2H6/c1-20-19(23)14-12-15(22(21-14)13-8-5-4-6-9-13)18-16(24-2)10-7-11-17(18)25-3;3*1-2/h4-12H,1-3H3,(H,20,23);3*1-2H3. The van der Waals surface area contributed by atoms with E-state index in [9.17, 15) is 4.79 Å². The SMILES string of the molecule is CC.CC.CC.CNC(=O)c1cc(-c2c(OC)cccc2OC)n(-c2ccccc2)n1. The number of nitrogens with zero attached hydrogens (tertiary/aromatic N) is 2. The smallest absolute Gasteiger partial charge is 0.271 e. The fraction of sp³-hybridized carbons (Fsp3) is 0.360. The van der Waals surface area contributed by atoms with Gasteiger partial charge in [-0.2, -0.15) is 5.10 Å². The van der Waals surface area contributed by atoms with Crippen LogP contribution in [-0.4, -0.2) is 37.0 Å². The number of benzene rings is 2. The zero-order valence-corrected chi connectivity index (χ0v) is 20.3. The predicted molar refractivity (Wildman–Crippen MR) is 130 cm³/mol. The molecule has 1 aromatic heterocycles. The topological polar surface area (TPSA) is 65.4 Å². The molecular weight excluding hydrogens is 390 g/mol. The molecular formula is C25H37N3O3. The lowest BCUT2D eigenvalue weighted by atomic mass is 10.1. The van der Waals surface area contributed by atoms with E-state index in [2.05, 4.69) is 10.4 Å². The normalized spacial score (nSPS) is 8.94. The van der Waals surface area contributed by atoms with Gasteiger partial charge in [0.25, 0.3) is 5.91 Å². The Bertz CT molecular complexity index is 868. The fourth-order valence-electron chi connectivity index (χ4n) is 2.67. The molecule has 0 aliphatic carbocycles. The Kier molecular flexibility index (Phi) is 13.9. The van der Waals surface area contributed by atoms with E-state index in [0.717, 1.165) is 11.3 Å². The van der Waals surface area contributed by atoms with Crippen molar-refractivity contribution >= 4 is 5.91 Å². The van der Waals surface area contributed by atoms with Gasteiger partial charge in [-0.3, -0.25) is 4.79 Å². The number of hydrogen-bond acceptors (Lipinski definition) is 4. The summed E-state index contributed by atoms with van der Waals surface area (Å²) in [5.74, 6) is 1.02. The van der Waals surface area contributed by atoms with E-state index < -0.39 is 0 Å². The first-order chi connectivity index (χ1) is 15.2. The van der Waals surface area contributed by atoms with Gasteiger partial charge in [-0.15, -0.1) is 0 Å². The van der Waals surface area contributed by atoms with Crippen LogP contribution in [0.2, 0.25) is 0 Å². The Hall–Kier alpha value is -3.28. The molecule has 31 heavy (non-hydrogen) atoms. The van der Waals surface area contributed by atoms with E-state index >= 15 is 0 Å². The Balaban J connectivity index is 0.00000138. The quantitative estimate of drug-likeness (QED) is 0.543. The second kappa shape index (κ2) is 15.5. The average molecular weight is 428 g/mol. The van der Waals surface area contributed by atoms with Crippen molar-refractivity contribution in [1.82, 2.24) is 15.1 Å². The second-order valence-electron chi connectivity index (χ2n) is 5.28. The molecule has 0 saturated heterocycles. The van der Waals surface area contributed by atoms with Gasteiger partial charge in [0.15, 0.2) is 5.69 Å². The highest BCUT2D eigenvalue weighted by Crippen LogP contribution is 2.39. The van der Waals surface area contributed by atoms with Crippen molar-refractivity contribution in [2.75, 3.05) is 21.3 Å². The monoisotopic (exact) mass is 427 g/mol. The van der Waals surface area contributed by atoms with Gasteiger partial charge >= 0.3 is 0 Å². The molecule has 0 bridgehead atoms. The second-order valence-corrected chi connectivity index (χ2v) is 5.28. The first-order valence-electron chi connectivity index (χ1n) is 10.8. The number of hydrogen-bond donors (Lipinski definition) is 1. The van der Waals surface area contributed by atoms with Crippen molar-refractivity contribution in [1.29, 1.82) is 0 Å². The molecule has 0 aliphatic rings. The largest absolute Gasteiger partial charge is 0.496 e. The van der Waals surface area contributed by atoms with Gasteiger partial charge in [-0.05, 0) is 30.3 Å². The number of carbonyl (C=O) groups excluding carboxylic acids is 1. The highest BCUT2D eigenvalue weighted by molar-refractivity contribution is 5.94.